The SMILES string of the molecule is CN(C)c1ccc([C@@H]2C=C(c3ccccc3)Nc3nnnn32)cc1. The third-order valence-electron chi connectivity index (χ3n) is 4.16. The van der Waals surface area contributed by atoms with Crippen LogP contribution in [0.25, 0.3) is 5.70 Å². The molecular formula is C18H18N6. The van der Waals surface area contributed by atoms with Crippen LogP contribution < -0.4 is 10.2 Å². The Kier molecular flexibility index (Phi) is 3.49. The molecule has 0 saturated carbocycles. The summed E-state index contributed by atoms with van der Waals surface area (Å²) >= 11 is 0. The van der Waals surface area contributed by atoms with Crippen LogP contribution >= 0.6 is 0 Å². The fourth-order valence-electron chi connectivity index (χ4n) is 2.85. The van der Waals surface area contributed by atoms with Crippen molar-refractivity contribution in [3.63, 3.8) is 0 Å². The lowest BCUT2D eigenvalue weighted by Crippen LogP contribution is -2.20. The van der Waals surface area contributed by atoms with E-state index in [-0.39, 0.29) is 6.04 Å². The topological polar surface area (TPSA) is 58.9 Å². The second-order valence-electron chi connectivity index (χ2n) is 5.95. The third-order valence-corrected chi connectivity index (χ3v) is 4.16. The molecule has 0 unspecified atom stereocenters. The average Bonchev–Trinajstić information content (AvgIpc) is 3.10. The van der Waals surface area contributed by atoms with E-state index in [0.29, 0.717) is 5.95 Å². The summed E-state index contributed by atoms with van der Waals surface area (Å²) in [6, 6.07) is 18.6. The van der Waals surface area contributed by atoms with Gasteiger partial charge < -0.3 is 10.2 Å². The van der Waals surface area contributed by atoms with Crippen molar-refractivity contribution < 1.29 is 0 Å². The quantitative estimate of drug-likeness (QED) is 0.805. The Morgan fingerprint density at radius 3 is 2.46 bits per heavy atom. The molecule has 1 aromatic heterocycles. The van der Waals surface area contributed by atoms with Gasteiger partial charge in [-0.15, -0.1) is 0 Å². The Hall–Kier alpha value is -3.15. The Labute approximate surface area is 140 Å². The van der Waals surface area contributed by atoms with Gasteiger partial charge in [0.25, 0.3) is 0 Å². The first-order chi connectivity index (χ1) is 11.7. The van der Waals surface area contributed by atoms with Crippen molar-refractivity contribution >= 4 is 17.3 Å². The molecule has 0 fully saturated rings. The molecule has 1 atom stereocenters. The molecule has 0 aliphatic carbocycles. The van der Waals surface area contributed by atoms with Gasteiger partial charge in [-0.3, -0.25) is 0 Å². The van der Waals surface area contributed by atoms with Gasteiger partial charge >= 0.3 is 0 Å². The van der Waals surface area contributed by atoms with Gasteiger partial charge in [0.05, 0.1) is 0 Å². The first-order valence-electron chi connectivity index (χ1n) is 7.82. The zero-order valence-electron chi connectivity index (χ0n) is 13.6. The predicted molar refractivity (Wildman–Crippen MR) is 94.8 cm³/mol. The molecule has 24 heavy (non-hydrogen) atoms. The lowest BCUT2D eigenvalue weighted by molar-refractivity contribution is 0.586. The van der Waals surface area contributed by atoms with Crippen LogP contribution in [0.1, 0.15) is 17.2 Å². The normalized spacial score (nSPS) is 16.1. The zero-order chi connectivity index (χ0) is 16.5. The first-order valence-corrected chi connectivity index (χ1v) is 7.82. The number of hydrogen-bond donors (Lipinski definition) is 1. The van der Waals surface area contributed by atoms with Crippen LogP contribution in [0.2, 0.25) is 0 Å². The number of benzene rings is 2. The maximum Gasteiger partial charge on any atom is 0.248 e. The van der Waals surface area contributed by atoms with E-state index in [1.165, 1.54) is 0 Å². The number of fused-ring (bicyclic) bond motifs is 1. The summed E-state index contributed by atoms with van der Waals surface area (Å²) in [4.78, 5) is 2.08. The molecule has 0 bridgehead atoms. The van der Waals surface area contributed by atoms with E-state index in [9.17, 15) is 0 Å². The number of hydrogen-bond acceptors (Lipinski definition) is 5. The van der Waals surface area contributed by atoms with E-state index < -0.39 is 0 Å². The molecular weight excluding hydrogens is 300 g/mol. The Morgan fingerprint density at radius 2 is 1.75 bits per heavy atom. The maximum absolute atomic E-state index is 4.14. The molecule has 0 radical (unpaired) electrons. The molecule has 6 heteroatoms. The van der Waals surface area contributed by atoms with Gasteiger partial charge in [0.15, 0.2) is 0 Å². The fourth-order valence-corrected chi connectivity index (χ4v) is 2.85. The average molecular weight is 318 g/mol. The van der Waals surface area contributed by atoms with Crippen LogP contribution in [0.15, 0.2) is 60.7 Å². The van der Waals surface area contributed by atoms with E-state index in [4.69, 9.17) is 0 Å². The number of tetrazole rings is 1. The van der Waals surface area contributed by atoms with Gasteiger partial charge in [-0.05, 0) is 39.8 Å². The van der Waals surface area contributed by atoms with Crippen molar-refractivity contribution in [2.45, 2.75) is 6.04 Å². The molecule has 2 aromatic carbocycles. The van der Waals surface area contributed by atoms with Crippen LogP contribution in [0.5, 0.6) is 0 Å². The van der Waals surface area contributed by atoms with Gasteiger partial charge in [0, 0.05) is 25.5 Å². The van der Waals surface area contributed by atoms with Crippen molar-refractivity contribution in [1.82, 2.24) is 20.2 Å². The van der Waals surface area contributed by atoms with Gasteiger partial charge in [0.2, 0.25) is 5.95 Å². The van der Waals surface area contributed by atoms with Gasteiger partial charge in [-0.1, -0.05) is 47.6 Å². The number of nitrogens with one attached hydrogen (secondary N) is 1. The molecule has 4 rings (SSSR count). The molecule has 0 amide bonds. The molecule has 1 aliphatic rings. The van der Waals surface area contributed by atoms with Crippen molar-refractivity contribution in [1.29, 1.82) is 0 Å². The smallest absolute Gasteiger partial charge is 0.248 e. The molecule has 1 aliphatic heterocycles. The molecule has 0 saturated heterocycles. The Bertz CT molecular complexity index is 864. The number of rotatable bonds is 3. The van der Waals surface area contributed by atoms with E-state index >= 15 is 0 Å². The second-order valence-corrected chi connectivity index (χ2v) is 5.95. The van der Waals surface area contributed by atoms with Crippen LogP contribution in [0.3, 0.4) is 0 Å². The highest BCUT2D eigenvalue weighted by atomic mass is 15.6. The van der Waals surface area contributed by atoms with Crippen molar-refractivity contribution in [3.05, 3.63) is 71.8 Å². The second kappa shape index (κ2) is 5.81. The van der Waals surface area contributed by atoms with Gasteiger partial charge in [-0.25, -0.2) is 0 Å². The minimum Gasteiger partial charge on any atom is -0.378 e. The van der Waals surface area contributed by atoms with E-state index in [1.807, 2.05) is 32.3 Å². The summed E-state index contributed by atoms with van der Waals surface area (Å²) in [5, 5.41) is 15.3. The summed E-state index contributed by atoms with van der Waals surface area (Å²) < 4.78 is 1.80. The first kappa shape index (κ1) is 14.4. The highest BCUT2D eigenvalue weighted by Crippen LogP contribution is 2.32. The summed E-state index contributed by atoms with van der Waals surface area (Å²) in [5.41, 5.74) is 4.43. The van der Waals surface area contributed by atoms with E-state index in [0.717, 1.165) is 22.5 Å². The van der Waals surface area contributed by atoms with Gasteiger partial charge in [-0.2, -0.15) is 4.68 Å². The predicted octanol–water partition coefficient (Wildman–Crippen LogP) is 2.80. The molecule has 1 N–H and O–H groups in total. The highest BCUT2D eigenvalue weighted by Gasteiger charge is 2.24. The Morgan fingerprint density at radius 1 is 1.00 bits per heavy atom. The highest BCUT2D eigenvalue weighted by molar-refractivity contribution is 5.76. The number of nitrogens with zero attached hydrogens (tertiary/aromatic N) is 5. The molecule has 2 heterocycles. The number of allylic oxidation sites excluding steroid dienone is 1. The van der Waals surface area contributed by atoms with Crippen LogP contribution in [-0.4, -0.2) is 34.3 Å². The fraction of sp³-hybridized carbons (Fsp3) is 0.167. The van der Waals surface area contributed by atoms with Crippen molar-refractivity contribution in [3.8, 4) is 0 Å². The third kappa shape index (κ3) is 2.52. The minimum atomic E-state index is -0.0392. The van der Waals surface area contributed by atoms with E-state index in [1.54, 1.807) is 4.68 Å². The zero-order valence-corrected chi connectivity index (χ0v) is 13.6. The molecule has 0 spiro atoms. The summed E-state index contributed by atoms with van der Waals surface area (Å²) in [6.07, 6.45) is 2.16. The molecule has 6 nitrogen and oxygen atoms in total. The van der Waals surface area contributed by atoms with Crippen LogP contribution in [-0.2, 0) is 0 Å². The van der Waals surface area contributed by atoms with Crippen LogP contribution in [0, 0.1) is 0 Å². The summed E-state index contributed by atoms with van der Waals surface area (Å²) in [6.45, 7) is 0. The largest absolute Gasteiger partial charge is 0.378 e. The lowest BCUT2D eigenvalue weighted by Gasteiger charge is -2.24. The standard InChI is InChI=1S/C18H18N6/c1-23(2)15-10-8-14(9-11-15)17-12-16(13-6-4-3-5-7-13)19-18-20-21-22-24(17)18/h3-12,17H,1-2H3,(H,19,20,22)/t17-/m0/s1. The summed E-state index contributed by atoms with van der Waals surface area (Å²) in [5.74, 6) is 0.651. The summed E-state index contributed by atoms with van der Waals surface area (Å²) in [7, 11) is 4.07. The van der Waals surface area contributed by atoms with Crippen molar-refractivity contribution in [2.75, 3.05) is 24.3 Å². The van der Waals surface area contributed by atoms with Gasteiger partial charge in [0.1, 0.15) is 6.04 Å². The number of anilines is 2. The molecule has 3 aromatic rings. The monoisotopic (exact) mass is 318 g/mol. The maximum atomic E-state index is 4.14. The van der Waals surface area contributed by atoms with Crippen molar-refractivity contribution in [2.24, 2.45) is 0 Å². The van der Waals surface area contributed by atoms with Crippen LogP contribution in [0.4, 0.5) is 11.6 Å². The molecule has 120 valence electrons. The lowest BCUT2D eigenvalue weighted by atomic mass is 10.0. The van der Waals surface area contributed by atoms with E-state index in [2.05, 4.69) is 68.2 Å². The number of aromatic nitrogens is 4. The minimum absolute atomic E-state index is 0.0392. The Balaban J connectivity index is 1.76.